The third-order valence-electron chi connectivity index (χ3n) is 3.76. The Balaban J connectivity index is 1.98. The largest absolute Gasteiger partial charge is 0.416 e. The smallest absolute Gasteiger partial charge is 0.376 e. The highest BCUT2D eigenvalue weighted by Gasteiger charge is 2.33. The Hall–Kier alpha value is -2.25. The fraction of sp³-hybridized carbons (Fsp3) is 0.467. The second kappa shape index (κ2) is 6.89. The molecule has 0 aliphatic carbocycles. The summed E-state index contributed by atoms with van der Waals surface area (Å²) in [7, 11) is 1.50. The first kappa shape index (κ1) is 17.1. The highest BCUT2D eigenvalue weighted by atomic mass is 19.4. The van der Waals surface area contributed by atoms with E-state index in [0.717, 1.165) is 18.6 Å². The number of hydrogen-bond donors (Lipinski definition) is 2. The highest BCUT2D eigenvalue weighted by Crippen LogP contribution is 2.30. The average Bonchev–Trinajstić information content (AvgIpc) is 3.01. The Morgan fingerprint density at radius 1 is 1.35 bits per heavy atom. The third-order valence-corrected chi connectivity index (χ3v) is 3.76. The fourth-order valence-electron chi connectivity index (χ4n) is 2.59. The zero-order chi connectivity index (χ0) is 17.0. The third kappa shape index (κ3) is 4.14. The van der Waals surface area contributed by atoms with Gasteiger partial charge in [0.05, 0.1) is 12.1 Å². The topological polar surface area (TPSA) is 61.4 Å². The van der Waals surface area contributed by atoms with Crippen LogP contribution in [0.2, 0.25) is 0 Å². The molecule has 23 heavy (non-hydrogen) atoms. The van der Waals surface area contributed by atoms with Crippen molar-refractivity contribution in [2.75, 3.05) is 25.5 Å². The summed E-state index contributed by atoms with van der Waals surface area (Å²) in [6.07, 6.45) is -3.11. The number of benzene rings is 1. The van der Waals surface area contributed by atoms with Gasteiger partial charge in [-0.15, -0.1) is 0 Å². The lowest BCUT2D eigenvalue weighted by Gasteiger charge is -2.23. The van der Waals surface area contributed by atoms with Crippen LogP contribution in [-0.2, 0) is 15.8 Å². The van der Waals surface area contributed by atoms with E-state index in [1.807, 2.05) is 0 Å². The summed E-state index contributed by atoms with van der Waals surface area (Å²) in [5.74, 6) is -0.538. The molecule has 8 heteroatoms. The molecule has 2 rings (SSSR count). The molecule has 0 saturated carbocycles. The predicted molar refractivity (Wildman–Crippen MR) is 78.7 cm³/mol. The molecule has 5 nitrogen and oxygen atoms in total. The quantitative estimate of drug-likeness (QED) is 0.886. The molecule has 1 fully saturated rings. The normalized spacial score (nSPS) is 17.9. The van der Waals surface area contributed by atoms with E-state index in [-0.39, 0.29) is 24.0 Å². The van der Waals surface area contributed by atoms with Crippen molar-refractivity contribution in [2.24, 2.45) is 0 Å². The molecule has 1 aliphatic heterocycles. The summed E-state index contributed by atoms with van der Waals surface area (Å²) in [6.45, 7) is 0.315. The van der Waals surface area contributed by atoms with Crippen LogP contribution in [0.25, 0.3) is 0 Å². The van der Waals surface area contributed by atoms with Gasteiger partial charge in [0, 0.05) is 19.3 Å². The van der Waals surface area contributed by atoms with Gasteiger partial charge >= 0.3 is 6.18 Å². The molecule has 1 aromatic carbocycles. The number of nitrogens with one attached hydrogen (secondary N) is 2. The van der Waals surface area contributed by atoms with Crippen molar-refractivity contribution in [1.82, 2.24) is 10.2 Å². The number of carbonyl (C=O) groups excluding carboxylic acids is 2. The number of alkyl halides is 3. The van der Waals surface area contributed by atoms with Crippen molar-refractivity contribution in [3.8, 4) is 0 Å². The summed E-state index contributed by atoms with van der Waals surface area (Å²) in [5.41, 5.74) is -0.566. The number of rotatable bonds is 4. The van der Waals surface area contributed by atoms with Gasteiger partial charge in [-0.05, 0) is 31.0 Å². The van der Waals surface area contributed by atoms with Crippen LogP contribution in [0.3, 0.4) is 0 Å². The molecular weight excluding hydrogens is 311 g/mol. The van der Waals surface area contributed by atoms with E-state index in [0.29, 0.717) is 13.0 Å². The first-order chi connectivity index (χ1) is 10.8. The minimum absolute atomic E-state index is 0.158. The molecule has 0 unspecified atom stereocenters. The van der Waals surface area contributed by atoms with Gasteiger partial charge in [0.1, 0.15) is 6.04 Å². The first-order valence-electron chi connectivity index (χ1n) is 7.25. The highest BCUT2D eigenvalue weighted by molar-refractivity contribution is 5.89. The van der Waals surface area contributed by atoms with Gasteiger partial charge in [-0.3, -0.25) is 9.59 Å². The fourth-order valence-corrected chi connectivity index (χ4v) is 2.59. The number of amides is 2. The van der Waals surface area contributed by atoms with Crippen molar-refractivity contribution in [3.05, 3.63) is 29.8 Å². The van der Waals surface area contributed by atoms with Crippen LogP contribution in [0.1, 0.15) is 18.4 Å². The molecule has 2 N–H and O–H groups in total. The SMILES string of the molecule is CNC(=O)[C@@H]1CCCN1C(=O)CNc1cccc(C(F)(F)F)c1. The van der Waals surface area contributed by atoms with E-state index in [1.54, 1.807) is 0 Å². The number of likely N-dealkylation sites (tertiary alicyclic amines) is 1. The summed E-state index contributed by atoms with van der Waals surface area (Å²) < 4.78 is 37.9. The minimum atomic E-state index is -4.43. The Labute approximate surface area is 131 Å². The van der Waals surface area contributed by atoms with E-state index < -0.39 is 17.8 Å². The standard InChI is InChI=1S/C15H18F3N3O2/c1-19-14(23)12-6-3-7-21(12)13(22)9-20-11-5-2-4-10(8-11)15(16,17)18/h2,4-5,8,12,20H,3,6-7,9H2,1H3,(H,19,23)/t12-/m0/s1. The van der Waals surface area contributed by atoms with Crippen LogP contribution >= 0.6 is 0 Å². The van der Waals surface area contributed by atoms with Crippen molar-refractivity contribution in [3.63, 3.8) is 0 Å². The van der Waals surface area contributed by atoms with Crippen LogP contribution in [0.5, 0.6) is 0 Å². The summed E-state index contributed by atoms with van der Waals surface area (Å²) in [4.78, 5) is 25.4. The number of halogens is 3. The molecule has 126 valence electrons. The maximum atomic E-state index is 12.6. The van der Waals surface area contributed by atoms with Gasteiger partial charge in [-0.2, -0.15) is 13.2 Å². The lowest BCUT2D eigenvalue weighted by atomic mass is 10.2. The van der Waals surface area contributed by atoms with Crippen LogP contribution in [0.4, 0.5) is 18.9 Å². The van der Waals surface area contributed by atoms with E-state index in [1.165, 1.54) is 24.1 Å². The Kier molecular flexibility index (Phi) is 5.12. The van der Waals surface area contributed by atoms with Crippen molar-refractivity contribution in [1.29, 1.82) is 0 Å². The zero-order valence-corrected chi connectivity index (χ0v) is 12.6. The predicted octanol–water partition coefficient (Wildman–Crippen LogP) is 1.85. The molecule has 2 amide bonds. The van der Waals surface area contributed by atoms with Crippen LogP contribution in [0, 0.1) is 0 Å². The number of anilines is 1. The molecule has 0 spiro atoms. The van der Waals surface area contributed by atoms with Crippen LogP contribution in [0.15, 0.2) is 24.3 Å². The molecular formula is C15H18F3N3O2. The Morgan fingerprint density at radius 2 is 2.09 bits per heavy atom. The van der Waals surface area contributed by atoms with Gasteiger partial charge in [-0.1, -0.05) is 6.07 Å². The van der Waals surface area contributed by atoms with Gasteiger partial charge in [0.15, 0.2) is 0 Å². The van der Waals surface area contributed by atoms with E-state index in [4.69, 9.17) is 0 Å². The number of nitrogens with zero attached hydrogens (tertiary/aromatic N) is 1. The summed E-state index contributed by atoms with van der Waals surface area (Å²) in [6, 6.07) is 4.15. The van der Waals surface area contributed by atoms with Gasteiger partial charge in [0.25, 0.3) is 0 Å². The Bertz CT molecular complexity index is 590. The summed E-state index contributed by atoms with van der Waals surface area (Å²) in [5, 5.41) is 5.20. The van der Waals surface area contributed by atoms with Crippen molar-refractivity contribution < 1.29 is 22.8 Å². The van der Waals surface area contributed by atoms with Crippen LogP contribution < -0.4 is 10.6 Å². The second-order valence-electron chi connectivity index (χ2n) is 5.29. The maximum absolute atomic E-state index is 12.6. The molecule has 1 aliphatic rings. The van der Waals surface area contributed by atoms with E-state index >= 15 is 0 Å². The van der Waals surface area contributed by atoms with Gasteiger partial charge in [0.2, 0.25) is 11.8 Å². The molecule has 1 atom stereocenters. The molecule has 1 saturated heterocycles. The molecule has 1 aromatic rings. The van der Waals surface area contributed by atoms with Crippen LogP contribution in [-0.4, -0.2) is 42.9 Å². The van der Waals surface area contributed by atoms with Gasteiger partial charge in [-0.25, -0.2) is 0 Å². The van der Waals surface area contributed by atoms with Gasteiger partial charge < -0.3 is 15.5 Å². The number of carbonyl (C=O) groups is 2. The minimum Gasteiger partial charge on any atom is -0.376 e. The lowest BCUT2D eigenvalue weighted by molar-refractivity contribution is -0.137. The zero-order valence-electron chi connectivity index (χ0n) is 12.6. The molecule has 0 aromatic heterocycles. The second-order valence-corrected chi connectivity index (χ2v) is 5.29. The van der Waals surface area contributed by atoms with Crippen molar-refractivity contribution in [2.45, 2.75) is 25.1 Å². The molecule has 1 heterocycles. The van der Waals surface area contributed by atoms with Crippen molar-refractivity contribution >= 4 is 17.5 Å². The number of likely N-dealkylation sites (N-methyl/N-ethyl adjacent to an activating group) is 1. The lowest BCUT2D eigenvalue weighted by Crippen LogP contribution is -2.46. The average molecular weight is 329 g/mol. The summed E-state index contributed by atoms with van der Waals surface area (Å²) >= 11 is 0. The first-order valence-corrected chi connectivity index (χ1v) is 7.25. The van der Waals surface area contributed by atoms with E-state index in [2.05, 4.69) is 10.6 Å². The Morgan fingerprint density at radius 3 is 2.74 bits per heavy atom. The van der Waals surface area contributed by atoms with E-state index in [9.17, 15) is 22.8 Å². The number of hydrogen-bond acceptors (Lipinski definition) is 3. The maximum Gasteiger partial charge on any atom is 0.416 e. The monoisotopic (exact) mass is 329 g/mol. The molecule has 0 radical (unpaired) electrons. The molecule has 0 bridgehead atoms.